The molecule has 0 bridgehead atoms. The molecule has 2 saturated heterocycles. The van der Waals surface area contributed by atoms with Gasteiger partial charge < -0.3 is 24.8 Å². The third-order valence-corrected chi connectivity index (χ3v) is 7.77. The van der Waals surface area contributed by atoms with E-state index in [2.05, 4.69) is 25.6 Å². The number of urea groups is 1. The first-order valence-corrected chi connectivity index (χ1v) is 13.9. The molecule has 2 N–H and O–H groups in total. The van der Waals surface area contributed by atoms with Crippen molar-refractivity contribution in [1.29, 1.82) is 0 Å². The predicted octanol–water partition coefficient (Wildman–Crippen LogP) is 4.28. The van der Waals surface area contributed by atoms with Crippen molar-refractivity contribution in [3.63, 3.8) is 0 Å². The zero-order valence-electron chi connectivity index (χ0n) is 22.6. The highest BCUT2D eigenvalue weighted by Gasteiger charge is 2.29. The van der Waals surface area contributed by atoms with Gasteiger partial charge in [-0.1, -0.05) is 23.4 Å². The lowest BCUT2D eigenvalue weighted by Crippen LogP contribution is -2.37. The number of amides is 2. The van der Waals surface area contributed by atoms with Gasteiger partial charge in [-0.05, 0) is 55.8 Å². The van der Waals surface area contributed by atoms with E-state index in [1.807, 2.05) is 36.4 Å². The van der Waals surface area contributed by atoms with Gasteiger partial charge in [0.05, 0.1) is 13.2 Å². The average Bonchev–Trinajstić information content (AvgIpc) is 3.43. The molecule has 4 heterocycles. The zero-order valence-corrected chi connectivity index (χ0v) is 22.6. The molecule has 0 radical (unpaired) electrons. The van der Waals surface area contributed by atoms with Crippen molar-refractivity contribution < 1.29 is 18.4 Å². The van der Waals surface area contributed by atoms with E-state index in [1.54, 1.807) is 13.1 Å². The summed E-state index contributed by atoms with van der Waals surface area (Å²) in [6.07, 6.45) is 7.06. The summed E-state index contributed by atoms with van der Waals surface area (Å²) >= 11 is 0. The number of ether oxygens (including phenoxy) is 1. The van der Waals surface area contributed by atoms with E-state index in [0.717, 1.165) is 55.1 Å². The van der Waals surface area contributed by atoms with Crippen molar-refractivity contribution in [1.82, 2.24) is 25.3 Å². The molecule has 3 aromatic rings. The van der Waals surface area contributed by atoms with Gasteiger partial charge in [0.1, 0.15) is 17.4 Å². The molecule has 1 aromatic carbocycles. The molecule has 6 rings (SSSR count). The summed E-state index contributed by atoms with van der Waals surface area (Å²) in [5, 5.41) is 9.87. The molecule has 2 aliphatic heterocycles. The van der Waals surface area contributed by atoms with Crippen LogP contribution in [-0.2, 0) is 4.74 Å². The molecule has 0 saturated carbocycles. The normalized spacial score (nSPS) is 20.5. The smallest absolute Gasteiger partial charge is 0.318 e. The van der Waals surface area contributed by atoms with Crippen LogP contribution < -0.4 is 15.5 Å². The molecule has 2 amide bonds. The number of fused-ring (bicyclic) bond motifs is 1. The van der Waals surface area contributed by atoms with Crippen molar-refractivity contribution in [3.8, 4) is 11.4 Å². The van der Waals surface area contributed by atoms with Crippen LogP contribution in [0.3, 0.4) is 0 Å². The van der Waals surface area contributed by atoms with Gasteiger partial charge in [0.15, 0.2) is 11.6 Å². The number of halogens is 1. The third-order valence-electron chi connectivity index (χ3n) is 7.77. The number of piperidine rings is 1. The Bertz CT molecular complexity index is 1410. The van der Waals surface area contributed by atoms with Crippen LogP contribution in [0.15, 0.2) is 52.6 Å². The summed E-state index contributed by atoms with van der Waals surface area (Å²) < 4.78 is 24.9. The Hall–Kier alpha value is -3.83. The summed E-state index contributed by atoms with van der Waals surface area (Å²) in [5.74, 6) is 1.54. The number of hydrogen-bond acceptors (Lipinski definition) is 8. The van der Waals surface area contributed by atoms with Gasteiger partial charge in [-0.25, -0.2) is 19.2 Å². The summed E-state index contributed by atoms with van der Waals surface area (Å²) in [4.78, 5) is 26.2. The average molecular weight is 548 g/mol. The van der Waals surface area contributed by atoms with Crippen LogP contribution in [0.25, 0.3) is 22.5 Å². The highest BCUT2D eigenvalue weighted by Crippen LogP contribution is 2.36. The minimum atomic E-state index is -0.860. The fourth-order valence-corrected chi connectivity index (χ4v) is 5.50. The Morgan fingerprint density at radius 1 is 1.10 bits per heavy atom. The highest BCUT2D eigenvalue weighted by atomic mass is 19.1. The minimum Gasteiger partial charge on any atom is -0.378 e. The standard InChI is InChI=1S/C29H34FN7O3/c1-31-29(38)32-23-8-4-21(5-9-23)27-33-25-24(35-40-26(25)28(34-27)37-14-16-39-17-15-37)20-10-12-36(13-11-20)18-19-2-6-22(30)7-3-19/h2-6,8-9,20,22H,7,10-18H2,1H3,(H2,31,32,38). The van der Waals surface area contributed by atoms with Crippen LogP contribution in [0.5, 0.6) is 0 Å². The van der Waals surface area contributed by atoms with E-state index in [9.17, 15) is 9.18 Å². The Balaban J connectivity index is 1.26. The number of alkyl halides is 1. The maximum absolute atomic E-state index is 13.4. The summed E-state index contributed by atoms with van der Waals surface area (Å²) in [6, 6.07) is 7.20. The molecule has 1 unspecified atom stereocenters. The topological polar surface area (TPSA) is 109 Å². The molecule has 11 heteroatoms. The number of nitrogens with zero attached hydrogens (tertiary/aromatic N) is 5. The molecule has 2 fully saturated rings. The minimum absolute atomic E-state index is 0.225. The molecular formula is C29H34FN7O3. The molecular weight excluding hydrogens is 513 g/mol. The van der Waals surface area contributed by atoms with E-state index in [4.69, 9.17) is 19.2 Å². The van der Waals surface area contributed by atoms with E-state index >= 15 is 0 Å². The first kappa shape index (κ1) is 26.4. The third kappa shape index (κ3) is 5.71. The number of allylic oxidation sites excluding steroid dienone is 2. The lowest BCUT2D eigenvalue weighted by atomic mass is 9.92. The second-order valence-electron chi connectivity index (χ2n) is 10.4. The van der Waals surface area contributed by atoms with Crippen molar-refractivity contribution in [2.24, 2.45) is 0 Å². The summed E-state index contributed by atoms with van der Waals surface area (Å²) in [7, 11) is 1.58. The Kier molecular flexibility index (Phi) is 7.74. The van der Waals surface area contributed by atoms with Gasteiger partial charge in [0, 0.05) is 50.3 Å². The van der Waals surface area contributed by atoms with Gasteiger partial charge in [-0.2, -0.15) is 0 Å². The Morgan fingerprint density at radius 2 is 1.88 bits per heavy atom. The molecule has 3 aliphatic rings. The van der Waals surface area contributed by atoms with Crippen molar-refractivity contribution in [2.75, 3.05) is 63.2 Å². The van der Waals surface area contributed by atoms with Gasteiger partial charge in [0.2, 0.25) is 5.58 Å². The maximum Gasteiger partial charge on any atom is 0.318 e. The van der Waals surface area contributed by atoms with E-state index in [1.165, 1.54) is 5.57 Å². The quantitative estimate of drug-likeness (QED) is 0.471. The van der Waals surface area contributed by atoms with Crippen LogP contribution in [0.2, 0.25) is 0 Å². The number of rotatable bonds is 6. The molecule has 2 aromatic heterocycles. The molecule has 210 valence electrons. The molecule has 40 heavy (non-hydrogen) atoms. The number of carbonyl (C=O) groups excluding carboxylic acids is 1. The van der Waals surface area contributed by atoms with Crippen LogP contribution in [0, 0.1) is 0 Å². The van der Waals surface area contributed by atoms with Crippen molar-refractivity contribution in [2.45, 2.75) is 31.4 Å². The molecule has 10 nitrogen and oxygen atoms in total. The monoisotopic (exact) mass is 547 g/mol. The molecule has 1 aliphatic carbocycles. The number of carbonyl (C=O) groups is 1. The van der Waals surface area contributed by atoms with Crippen LogP contribution in [0.4, 0.5) is 20.7 Å². The van der Waals surface area contributed by atoms with E-state index in [0.29, 0.717) is 49.8 Å². The Labute approximate surface area is 232 Å². The fraction of sp³-hybridized carbons (Fsp3) is 0.448. The van der Waals surface area contributed by atoms with Crippen molar-refractivity contribution in [3.05, 3.63) is 53.8 Å². The van der Waals surface area contributed by atoms with Gasteiger partial charge in [0.25, 0.3) is 0 Å². The molecule has 0 spiro atoms. The number of hydrogen-bond donors (Lipinski definition) is 2. The largest absolute Gasteiger partial charge is 0.378 e. The fourth-order valence-electron chi connectivity index (χ4n) is 5.50. The predicted molar refractivity (Wildman–Crippen MR) is 151 cm³/mol. The molecule has 1 atom stereocenters. The number of anilines is 2. The van der Waals surface area contributed by atoms with Gasteiger partial charge in [-0.3, -0.25) is 4.90 Å². The summed E-state index contributed by atoms with van der Waals surface area (Å²) in [5.41, 5.74) is 4.94. The second-order valence-corrected chi connectivity index (χ2v) is 10.4. The van der Waals surface area contributed by atoms with Crippen LogP contribution in [0.1, 0.15) is 30.9 Å². The van der Waals surface area contributed by atoms with Gasteiger partial charge >= 0.3 is 6.03 Å². The summed E-state index contributed by atoms with van der Waals surface area (Å²) in [6.45, 7) is 5.36. The first-order chi connectivity index (χ1) is 19.6. The second kappa shape index (κ2) is 11.7. The van der Waals surface area contributed by atoms with Crippen LogP contribution in [-0.4, -0.2) is 85.2 Å². The Morgan fingerprint density at radius 3 is 2.58 bits per heavy atom. The SMILES string of the molecule is CNC(=O)Nc1ccc(-c2nc(N3CCOCC3)c3onc(C4CCN(CC5=CCC(F)C=C5)CC4)c3n2)cc1. The number of nitrogens with one attached hydrogen (secondary N) is 2. The van der Waals surface area contributed by atoms with Crippen molar-refractivity contribution >= 4 is 28.6 Å². The van der Waals surface area contributed by atoms with Gasteiger partial charge in [-0.15, -0.1) is 0 Å². The highest BCUT2D eigenvalue weighted by molar-refractivity contribution is 5.90. The number of morpholine rings is 1. The van der Waals surface area contributed by atoms with E-state index in [-0.39, 0.29) is 11.9 Å². The number of aromatic nitrogens is 3. The number of benzene rings is 1. The lowest BCUT2D eigenvalue weighted by Gasteiger charge is -2.31. The maximum atomic E-state index is 13.4. The van der Waals surface area contributed by atoms with Crippen LogP contribution >= 0.6 is 0 Å². The zero-order chi connectivity index (χ0) is 27.5. The number of likely N-dealkylation sites (tertiary alicyclic amines) is 1. The van der Waals surface area contributed by atoms with E-state index < -0.39 is 6.17 Å². The lowest BCUT2D eigenvalue weighted by molar-refractivity contribution is 0.122. The first-order valence-electron chi connectivity index (χ1n) is 13.9.